The maximum absolute atomic E-state index is 12.7. The summed E-state index contributed by atoms with van der Waals surface area (Å²) >= 11 is 0. The van der Waals surface area contributed by atoms with Crippen molar-refractivity contribution in [3.63, 3.8) is 0 Å². The van der Waals surface area contributed by atoms with Gasteiger partial charge in [-0.1, -0.05) is 12.1 Å². The quantitative estimate of drug-likeness (QED) is 0.681. The molecule has 8 nitrogen and oxygen atoms in total. The van der Waals surface area contributed by atoms with E-state index in [4.69, 9.17) is 5.73 Å². The summed E-state index contributed by atoms with van der Waals surface area (Å²) in [5, 5.41) is 4.52. The molecule has 1 aliphatic carbocycles. The molecular weight excluding hydrogens is 392 g/mol. The maximum Gasteiger partial charge on any atom is 0.246 e. The largest absolute Gasteiger partial charge is 0.369 e. The molecule has 1 saturated carbocycles. The lowest BCUT2D eigenvalue weighted by molar-refractivity contribution is -0.127. The number of hydrogen-bond donors (Lipinski definition) is 1. The van der Waals surface area contributed by atoms with Crippen molar-refractivity contribution in [3.8, 4) is 0 Å². The molecule has 1 fully saturated rings. The van der Waals surface area contributed by atoms with E-state index < -0.39 is 5.41 Å². The molecule has 164 valence electrons. The number of pyridine rings is 1. The lowest BCUT2D eigenvalue weighted by atomic mass is 9.94. The molecule has 8 heteroatoms. The van der Waals surface area contributed by atoms with Gasteiger partial charge in [0.05, 0.1) is 36.1 Å². The van der Waals surface area contributed by atoms with Crippen LogP contribution in [-0.4, -0.2) is 62.6 Å². The van der Waals surface area contributed by atoms with E-state index in [9.17, 15) is 9.59 Å². The molecule has 0 spiro atoms. The van der Waals surface area contributed by atoms with Crippen LogP contribution in [0.15, 0.2) is 42.7 Å². The maximum atomic E-state index is 12.7. The monoisotopic (exact) mass is 422 g/mol. The van der Waals surface area contributed by atoms with E-state index in [1.54, 1.807) is 12.3 Å². The topological polar surface area (TPSA) is 97.4 Å². The van der Waals surface area contributed by atoms with Crippen molar-refractivity contribution in [1.29, 1.82) is 0 Å². The standard InChI is InChI=1S/C23H30N6O2/c1-16(2)27(3)10-6-8-21(30)28-11-12-29-19(15-28)17(14-26-29)18-13-23(18,22(24)31)20-7-4-5-9-25-20/h4-9,14,16,18H,10-13,15H2,1-3H3,(H2,24,31)/b8-6+. The molecule has 3 heterocycles. The fraction of sp³-hybridized carbons (Fsp3) is 0.478. The molecule has 0 bridgehead atoms. The number of likely N-dealkylation sites (N-methyl/N-ethyl adjacent to an activating group) is 1. The van der Waals surface area contributed by atoms with Crippen molar-refractivity contribution >= 4 is 11.8 Å². The number of nitrogens with zero attached hydrogens (tertiary/aromatic N) is 5. The van der Waals surface area contributed by atoms with Crippen LogP contribution in [0, 0.1) is 0 Å². The van der Waals surface area contributed by atoms with E-state index in [0.29, 0.717) is 37.8 Å². The highest BCUT2D eigenvalue weighted by atomic mass is 16.2. The van der Waals surface area contributed by atoms with Crippen LogP contribution in [0.5, 0.6) is 0 Å². The predicted molar refractivity (Wildman–Crippen MR) is 117 cm³/mol. The van der Waals surface area contributed by atoms with Crippen molar-refractivity contribution in [2.45, 2.75) is 50.7 Å². The summed E-state index contributed by atoms with van der Waals surface area (Å²) in [4.78, 5) is 33.6. The van der Waals surface area contributed by atoms with Gasteiger partial charge in [0.25, 0.3) is 0 Å². The highest BCUT2D eigenvalue weighted by Crippen LogP contribution is 2.60. The molecule has 2 aromatic heterocycles. The van der Waals surface area contributed by atoms with Gasteiger partial charge in [0.15, 0.2) is 0 Å². The molecule has 2 aromatic rings. The average molecular weight is 423 g/mol. The van der Waals surface area contributed by atoms with Gasteiger partial charge in [-0.3, -0.25) is 19.3 Å². The molecule has 2 N–H and O–H groups in total. The number of rotatable bonds is 7. The van der Waals surface area contributed by atoms with Crippen LogP contribution >= 0.6 is 0 Å². The SMILES string of the molecule is CC(C)N(C)C/C=C/C(=O)N1CCn2ncc(C3CC3(C(N)=O)c3ccccn3)c2C1. The van der Waals surface area contributed by atoms with Crippen molar-refractivity contribution in [3.05, 3.63) is 59.7 Å². The van der Waals surface area contributed by atoms with Crippen LogP contribution in [0.1, 0.15) is 43.1 Å². The van der Waals surface area contributed by atoms with Gasteiger partial charge in [-0.05, 0) is 45.0 Å². The summed E-state index contributed by atoms with van der Waals surface area (Å²) in [5.74, 6) is -0.428. The second-order valence-corrected chi connectivity index (χ2v) is 8.77. The fourth-order valence-corrected chi connectivity index (χ4v) is 4.33. The van der Waals surface area contributed by atoms with E-state index in [1.807, 2.05) is 47.1 Å². The second-order valence-electron chi connectivity index (χ2n) is 8.77. The molecule has 0 radical (unpaired) electrons. The summed E-state index contributed by atoms with van der Waals surface area (Å²) < 4.78 is 1.94. The van der Waals surface area contributed by atoms with Crippen molar-refractivity contribution < 1.29 is 9.59 Å². The molecule has 2 amide bonds. The minimum Gasteiger partial charge on any atom is -0.369 e. The van der Waals surface area contributed by atoms with E-state index in [2.05, 4.69) is 28.8 Å². The van der Waals surface area contributed by atoms with E-state index in [0.717, 1.165) is 17.8 Å². The number of nitrogens with two attached hydrogens (primary N) is 1. The minimum absolute atomic E-state index is 0.00255. The van der Waals surface area contributed by atoms with Crippen LogP contribution in [0.4, 0.5) is 0 Å². The Bertz CT molecular complexity index is 999. The van der Waals surface area contributed by atoms with E-state index in [1.165, 1.54) is 0 Å². The van der Waals surface area contributed by atoms with Gasteiger partial charge in [-0.15, -0.1) is 0 Å². The molecule has 31 heavy (non-hydrogen) atoms. The average Bonchev–Trinajstić information content (AvgIpc) is 3.39. The second kappa shape index (κ2) is 8.26. The highest BCUT2D eigenvalue weighted by molar-refractivity contribution is 5.92. The summed E-state index contributed by atoms with van der Waals surface area (Å²) in [6.45, 7) is 6.71. The zero-order chi connectivity index (χ0) is 22.2. The first-order chi connectivity index (χ1) is 14.8. The zero-order valence-corrected chi connectivity index (χ0v) is 18.4. The number of aromatic nitrogens is 3. The molecule has 0 aromatic carbocycles. The third-order valence-electron chi connectivity index (χ3n) is 6.65. The van der Waals surface area contributed by atoms with E-state index in [-0.39, 0.29) is 17.7 Å². The van der Waals surface area contributed by atoms with Crippen LogP contribution < -0.4 is 5.73 Å². The van der Waals surface area contributed by atoms with Crippen molar-refractivity contribution in [1.82, 2.24) is 24.6 Å². The third-order valence-corrected chi connectivity index (χ3v) is 6.65. The summed E-state index contributed by atoms with van der Waals surface area (Å²) in [7, 11) is 2.04. The third kappa shape index (κ3) is 3.87. The molecule has 1 aliphatic heterocycles. The molecule has 0 saturated heterocycles. The number of carbonyl (C=O) groups excluding carboxylic acids is 2. The van der Waals surface area contributed by atoms with Crippen LogP contribution in [-0.2, 0) is 28.1 Å². The lowest BCUT2D eigenvalue weighted by Crippen LogP contribution is -2.38. The van der Waals surface area contributed by atoms with Gasteiger partial charge in [-0.25, -0.2) is 0 Å². The molecule has 2 aliphatic rings. The summed E-state index contributed by atoms with van der Waals surface area (Å²) in [6, 6.07) is 5.98. The molecule has 2 unspecified atom stereocenters. The van der Waals surface area contributed by atoms with Crippen LogP contribution in [0.2, 0.25) is 0 Å². The van der Waals surface area contributed by atoms with Gasteiger partial charge < -0.3 is 15.5 Å². The number of primary amides is 1. The number of hydrogen-bond acceptors (Lipinski definition) is 5. The van der Waals surface area contributed by atoms with Crippen molar-refractivity contribution in [2.75, 3.05) is 20.1 Å². The number of amides is 2. The Kier molecular flexibility index (Phi) is 5.66. The van der Waals surface area contributed by atoms with Gasteiger partial charge >= 0.3 is 0 Å². The summed E-state index contributed by atoms with van der Waals surface area (Å²) in [6.07, 6.45) is 7.70. The predicted octanol–water partition coefficient (Wildman–Crippen LogP) is 1.43. The zero-order valence-electron chi connectivity index (χ0n) is 18.4. The van der Waals surface area contributed by atoms with Crippen LogP contribution in [0.3, 0.4) is 0 Å². The summed E-state index contributed by atoms with van der Waals surface area (Å²) in [5.41, 5.74) is 7.71. The number of carbonyl (C=O) groups is 2. The lowest BCUT2D eigenvalue weighted by Gasteiger charge is -2.28. The Labute approximate surface area is 182 Å². The normalized spacial score (nSPS) is 22.9. The van der Waals surface area contributed by atoms with Crippen molar-refractivity contribution in [2.24, 2.45) is 5.73 Å². The van der Waals surface area contributed by atoms with Gasteiger partial charge in [0.1, 0.15) is 0 Å². The molecular formula is C23H30N6O2. The minimum atomic E-state index is -0.792. The van der Waals surface area contributed by atoms with Gasteiger partial charge in [0.2, 0.25) is 11.8 Å². The van der Waals surface area contributed by atoms with Crippen LogP contribution in [0.25, 0.3) is 0 Å². The number of fused-ring (bicyclic) bond motifs is 1. The fourth-order valence-electron chi connectivity index (χ4n) is 4.33. The Hall–Kier alpha value is -3.00. The Balaban J connectivity index is 1.51. The Morgan fingerprint density at radius 1 is 1.35 bits per heavy atom. The first-order valence-electron chi connectivity index (χ1n) is 10.8. The smallest absolute Gasteiger partial charge is 0.246 e. The Morgan fingerprint density at radius 3 is 2.84 bits per heavy atom. The Morgan fingerprint density at radius 2 is 2.16 bits per heavy atom. The van der Waals surface area contributed by atoms with E-state index >= 15 is 0 Å². The first-order valence-corrected chi connectivity index (χ1v) is 10.8. The van der Waals surface area contributed by atoms with Gasteiger partial charge in [0, 0.05) is 37.3 Å². The first kappa shape index (κ1) is 21.2. The molecule has 4 rings (SSSR count). The molecule has 2 atom stereocenters. The van der Waals surface area contributed by atoms with Gasteiger partial charge in [-0.2, -0.15) is 5.10 Å². The highest BCUT2D eigenvalue weighted by Gasteiger charge is 2.63.